The van der Waals surface area contributed by atoms with Crippen LogP contribution in [0.4, 0.5) is 0 Å². The van der Waals surface area contributed by atoms with Crippen molar-refractivity contribution in [2.75, 3.05) is 6.54 Å². The first-order chi connectivity index (χ1) is 10.9. The highest BCUT2D eigenvalue weighted by Crippen LogP contribution is 2.29. The number of carbonyl (C=O) groups is 2. The first kappa shape index (κ1) is 17.7. The summed E-state index contributed by atoms with van der Waals surface area (Å²) in [5.74, 6) is 0.0834. The van der Waals surface area contributed by atoms with Gasteiger partial charge in [-0.15, -0.1) is 0 Å². The molecule has 126 valence electrons. The van der Waals surface area contributed by atoms with Gasteiger partial charge in [0.2, 0.25) is 5.91 Å². The van der Waals surface area contributed by atoms with Gasteiger partial charge in [-0.25, -0.2) is 0 Å². The van der Waals surface area contributed by atoms with Crippen LogP contribution in [0.25, 0.3) is 0 Å². The molecular weight excluding hydrogens is 288 g/mol. The molecule has 0 fully saturated rings. The lowest BCUT2D eigenvalue weighted by Gasteiger charge is -2.27. The Morgan fingerprint density at radius 1 is 1.26 bits per heavy atom. The largest absolute Gasteiger partial charge is 0.351 e. The summed E-state index contributed by atoms with van der Waals surface area (Å²) < 4.78 is 0. The van der Waals surface area contributed by atoms with Gasteiger partial charge in [0.1, 0.15) is 5.78 Å². The number of benzene rings is 1. The maximum atomic E-state index is 12.1. The molecule has 1 aromatic rings. The Morgan fingerprint density at radius 3 is 2.74 bits per heavy atom. The van der Waals surface area contributed by atoms with Gasteiger partial charge in [0.05, 0.1) is 0 Å². The van der Waals surface area contributed by atoms with Crippen molar-refractivity contribution >= 4 is 11.7 Å². The van der Waals surface area contributed by atoms with Crippen molar-refractivity contribution in [1.29, 1.82) is 0 Å². The lowest BCUT2D eigenvalue weighted by molar-refractivity contribution is -0.123. The number of fused-ring (bicyclic) bond motifs is 1. The van der Waals surface area contributed by atoms with Crippen molar-refractivity contribution < 1.29 is 9.59 Å². The number of ketones is 1. The highest BCUT2D eigenvalue weighted by Gasteiger charge is 2.23. The van der Waals surface area contributed by atoms with E-state index in [0.29, 0.717) is 25.4 Å². The van der Waals surface area contributed by atoms with Crippen molar-refractivity contribution in [3.8, 4) is 0 Å². The molecule has 0 aromatic heterocycles. The summed E-state index contributed by atoms with van der Waals surface area (Å²) in [5.41, 5.74) is 2.32. The summed E-state index contributed by atoms with van der Waals surface area (Å²) >= 11 is 0. The van der Waals surface area contributed by atoms with Gasteiger partial charge in [-0.2, -0.15) is 0 Å². The van der Waals surface area contributed by atoms with Gasteiger partial charge in [0.15, 0.2) is 0 Å². The number of hydrogen-bond acceptors (Lipinski definition) is 3. The van der Waals surface area contributed by atoms with Crippen LogP contribution in [0, 0.1) is 0 Å². The van der Waals surface area contributed by atoms with E-state index in [1.54, 1.807) is 6.92 Å². The molecule has 0 bridgehead atoms. The lowest BCUT2D eigenvalue weighted by Crippen LogP contribution is -2.45. The van der Waals surface area contributed by atoms with Crippen LogP contribution in [0.3, 0.4) is 0 Å². The third-order valence-corrected chi connectivity index (χ3v) is 4.28. The van der Waals surface area contributed by atoms with Gasteiger partial charge >= 0.3 is 0 Å². The third-order valence-electron chi connectivity index (χ3n) is 4.28. The second kappa shape index (κ2) is 7.73. The summed E-state index contributed by atoms with van der Waals surface area (Å²) in [6.07, 6.45) is 4.25. The number of rotatable bonds is 7. The fourth-order valence-electron chi connectivity index (χ4n) is 3.43. The van der Waals surface area contributed by atoms with Crippen molar-refractivity contribution in [3.63, 3.8) is 0 Å². The van der Waals surface area contributed by atoms with Crippen LogP contribution < -0.4 is 10.6 Å². The first-order valence-corrected chi connectivity index (χ1v) is 8.49. The number of nitrogens with one attached hydrogen (secondary N) is 2. The molecule has 1 amide bonds. The van der Waals surface area contributed by atoms with Crippen LogP contribution in [-0.4, -0.2) is 23.8 Å². The molecule has 0 saturated carbocycles. The molecule has 4 nitrogen and oxygen atoms in total. The molecule has 1 unspecified atom stereocenters. The SMILES string of the molecule is CC(=O)CC(C)(C)NC(=O)CCNC1CCCc2ccccc21. The Hall–Kier alpha value is -1.68. The van der Waals surface area contributed by atoms with Crippen molar-refractivity contribution in [2.45, 2.75) is 64.5 Å². The molecule has 1 aromatic carbocycles. The van der Waals surface area contributed by atoms with Crippen LogP contribution in [0.15, 0.2) is 24.3 Å². The average Bonchev–Trinajstić information content (AvgIpc) is 2.45. The van der Waals surface area contributed by atoms with Gasteiger partial charge in [-0.1, -0.05) is 24.3 Å². The predicted molar refractivity (Wildman–Crippen MR) is 92.3 cm³/mol. The van der Waals surface area contributed by atoms with E-state index in [-0.39, 0.29) is 11.7 Å². The minimum Gasteiger partial charge on any atom is -0.351 e. The van der Waals surface area contributed by atoms with Crippen molar-refractivity contribution in [3.05, 3.63) is 35.4 Å². The Labute approximate surface area is 139 Å². The average molecular weight is 316 g/mol. The van der Waals surface area contributed by atoms with Gasteiger partial charge in [0.25, 0.3) is 0 Å². The minimum absolute atomic E-state index is 0.00663. The van der Waals surface area contributed by atoms with Crippen LogP contribution in [0.1, 0.15) is 63.6 Å². The van der Waals surface area contributed by atoms with E-state index in [1.165, 1.54) is 17.5 Å². The molecule has 0 radical (unpaired) electrons. The molecule has 1 atom stereocenters. The molecule has 0 saturated heterocycles. The molecule has 0 heterocycles. The smallest absolute Gasteiger partial charge is 0.221 e. The van der Waals surface area contributed by atoms with Crippen LogP contribution in [0.2, 0.25) is 0 Å². The maximum Gasteiger partial charge on any atom is 0.221 e. The zero-order valence-electron chi connectivity index (χ0n) is 14.4. The van der Waals surface area contributed by atoms with E-state index in [1.807, 2.05) is 13.8 Å². The monoisotopic (exact) mass is 316 g/mol. The number of aryl methyl sites for hydroxylation is 1. The van der Waals surface area contributed by atoms with E-state index in [9.17, 15) is 9.59 Å². The highest BCUT2D eigenvalue weighted by molar-refractivity contribution is 5.80. The molecule has 1 aliphatic rings. The van der Waals surface area contributed by atoms with Crippen molar-refractivity contribution in [1.82, 2.24) is 10.6 Å². The third kappa shape index (κ3) is 5.47. The zero-order chi connectivity index (χ0) is 16.9. The van der Waals surface area contributed by atoms with Gasteiger partial charge < -0.3 is 10.6 Å². The molecule has 0 aliphatic heterocycles. The quantitative estimate of drug-likeness (QED) is 0.813. The molecule has 2 rings (SSSR count). The van der Waals surface area contributed by atoms with Crippen molar-refractivity contribution in [2.24, 2.45) is 0 Å². The topological polar surface area (TPSA) is 58.2 Å². The number of hydrogen-bond donors (Lipinski definition) is 2. The van der Waals surface area contributed by atoms with E-state index >= 15 is 0 Å². The summed E-state index contributed by atoms with van der Waals surface area (Å²) in [7, 11) is 0. The van der Waals surface area contributed by atoms with E-state index in [2.05, 4.69) is 34.9 Å². The molecule has 2 N–H and O–H groups in total. The number of amides is 1. The lowest BCUT2D eigenvalue weighted by atomic mass is 9.88. The van der Waals surface area contributed by atoms with Gasteiger partial charge in [0, 0.05) is 31.0 Å². The van der Waals surface area contributed by atoms with Crippen LogP contribution in [0.5, 0.6) is 0 Å². The van der Waals surface area contributed by atoms with E-state index in [4.69, 9.17) is 0 Å². The standard InChI is InChI=1S/C19H28N2O2/c1-14(22)13-19(2,3)21-18(23)11-12-20-17-10-6-8-15-7-4-5-9-16(15)17/h4-5,7,9,17,20H,6,8,10-13H2,1-3H3,(H,21,23). The van der Waals surface area contributed by atoms with Gasteiger partial charge in [-0.05, 0) is 51.2 Å². The summed E-state index contributed by atoms with van der Waals surface area (Å²) in [5, 5.41) is 6.45. The fraction of sp³-hybridized carbons (Fsp3) is 0.579. The Bertz CT molecular complexity index is 566. The molecule has 23 heavy (non-hydrogen) atoms. The molecule has 0 spiro atoms. The Kier molecular flexibility index (Phi) is 5.94. The molecule has 1 aliphatic carbocycles. The molecular formula is C19H28N2O2. The summed E-state index contributed by atoms with van der Waals surface area (Å²) in [6, 6.07) is 8.89. The number of carbonyl (C=O) groups excluding carboxylic acids is 2. The summed E-state index contributed by atoms with van der Waals surface area (Å²) in [6.45, 7) is 5.98. The minimum atomic E-state index is -0.472. The van der Waals surface area contributed by atoms with Crippen LogP contribution in [-0.2, 0) is 16.0 Å². The predicted octanol–water partition coefficient (Wildman–Crippen LogP) is 2.92. The molecule has 4 heteroatoms. The zero-order valence-corrected chi connectivity index (χ0v) is 14.4. The summed E-state index contributed by atoms with van der Waals surface area (Å²) in [4.78, 5) is 23.3. The Balaban J connectivity index is 1.79. The fourth-order valence-corrected chi connectivity index (χ4v) is 3.43. The second-order valence-electron chi connectivity index (χ2n) is 7.16. The van der Waals surface area contributed by atoms with Gasteiger partial charge in [-0.3, -0.25) is 9.59 Å². The van der Waals surface area contributed by atoms with E-state index in [0.717, 1.165) is 12.8 Å². The first-order valence-electron chi connectivity index (χ1n) is 8.49. The number of Topliss-reactive ketones (excluding diaryl/α,β-unsaturated/α-hetero) is 1. The normalized spacial score (nSPS) is 17.4. The second-order valence-corrected chi connectivity index (χ2v) is 7.16. The van der Waals surface area contributed by atoms with E-state index < -0.39 is 5.54 Å². The highest BCUT2D eigenvalue weighted by atomic mass is 16.2. The Morgan fingerprint density at radius 2 is 2.00 bits per heavy atom. The van der Waals surface area contributed by atoms with Crippen LogP contribution >= 0.6 is 0 Å². The maximum absolute atomic E-state index is 12.1.